The number of aliphatic carboxylic acids is 1. The molecule has 0 heterocycles. The molecule has 3 heteroatoms. The molecule has 58 valence electrons. The van der Waals surface area contributed by atoms with Crippen LogP contribution in [0, 0.1) is 5.92 Å². The van der Waals surface area contributed by atoms with Gasteiger partial charge in [0.2, 0.25) is 0 Å². The Morgan fingerprint density at radius 1 is 1.40 bits per heavy atom. The summed E-state index contributed by atoms with van der Waals surface area (Å²) in [6.45, 7) is 3.17. The minimum absolute atomic E-state index is 0.0220. The van der Waals surface area contributed by atoms with Crippen molar-refractivity contribution >= 4 is 11.8 Å². The zero-order valence-electron chi connectivity index (χ0n) is 6.22. The van der Waals surface area contributed by atoms with Gasteiger partial charge in [-0.25, -0.2) is 0 Å². The lowest BCUT2D eigenvalue weighted by Gasteiger charge is -2.08. The number of Topliss-reactive ketones (excluding diaryl/α,β-unsaturated/α-hetero) is 1. The van der Waals surface area contributed by atoms with Crippen molar-refractivity contribution in [2.24, 2.45) is 5.92 Å². The summed E-state index contributed by atoms with van der Waals surface area (Å²) in [7, 11) is 0. The van der Waals surface area contributed by atoms with E-state index in [9.17, 15) is 14.7 Å². The zero-order valence-corrected chi connectivity index (χ0v) is 6.22. The molecule has 0 aliphatic heterocycles. The Morgan fingerprint density at radius 2 is 1.90 bits per heavy atom. The molecule has 0 bridgehead atoms. The third-order valence-corrected chi connectivity index (χ3v) is 1.15. The van der Waals surface area contributed by atoms with Crippen molar-refractivity contribution in [3.8, 4) is 0 Å². The van der Waals surface area contributed by atoms with Crippen molar-refractivity contribution in [3.05, 3.63) is 0 Å². The van der Waals surface area contributed by atoms with Crippen LogP contribution < -0.4 is 5.11 Å². The van der Waals surface area contributed by atoms with Crippen LogP contribution >= 0.6 is 0 Å². The highest BCUT2D eigenvalue weighted by atomic mass is 16.4. The van der Waals surface area contributed by atoms with Crippen molar-refractivity contribution in [1.82, 2.24) is 0 Å². The second kappa shape index (κ2) is 4.04. The van der Waals surface area contributed by atoms with Crippen molar-refractivity contribution < 1.29 is 14.7 Å². The molecule has 0 aromatic rings. The lowest BCUT2D eigenvalue weighted by Crippen LogP contribution is -2.24. The number of carbonyl (C=O) groups is 2. The van der Waals surface area contributed by atoms with E-state index in [1.165, 1.54) is 6.92 Å². The van der Waals surface area contributed by atoms with Crippen LogP contribution in [-0.4, -0.2) is 11.8 Å². The maximum Gasteiger partial charge on any atom is 0.130 e. The molecule has 0 N–H and O–H groups in total. The Morgan fingerprint density at radius 3 is 2.20 bits per heavy atom. The zero-order chi connectivity index (χ0) is 8.15. The summed E-state index contributed by atoms with van der Waals surface area (Å²) in [5.74, 6) is -1.16. The molecule has 1 unspecified atom stereocenters. The maximum atomic E-state index is 10.4. The van der Waals surface area contributed by atoms with E-state index in [-0.39, 0.29) is 18.1 Å². The first-order chi connectivity index (χ1) is 4.52. The minimum Gasteiger partial charge on any atom is -0.550 e. The third kappa shape index (κ3) is 5.28. The molecular weight excluding hydrogens is 132 g/mol. The monoisotopic (exact) mass is 143 g/mol. The summed E-state index contributed by atoms with van der Waals surface area (Å²) in [6, 6.07) is 0. The fourth-order valence-electron chi connectivity index (χ4n) is 0.847. The van der Waals surface area contributed by atoms with Gasteiger partial charge >= 0.3 is 0 Å². The average Bonchev–Trinajstić information content (AvgIpc) is 1.58. The molecule has 0 aliphatic carbocycles. The van der Waals surface area contributed by atoms with E-state index in [2.05, 4.69) is 0 Å². The van der Waals surface area contributed by atoms with Crippen molar-refractivity contribution in [3.63, 3.8) is 0 Å². The normalized spacial score (nSPS) is 12.6. The van der Waals surface area contributed by atoms with Crippen LogP contribution in [-0.2, 0) is 9.59 Å². The topological polar surface area (TPSA) is 57.2 Å². The Hall–Kier alpha value is -0.860. The summed E-state index contributed by atoms with van der Waals surface area (Å²) >= 11 is 0. The van der Waals surface area contributed by atoms with Crippen LogP contribution in [0.2, 0.25) is 0 Å². The number of ketones is 1. The minimum atomic E-state index is -1.09. The fourth-order valence-corrected chi connectivity index (χ4v) is 0.847. The molecular formula is C7H11O3-. The molecule has 0 spiro atoms. The molecule has 10 heavy (non-hydrogen) atoms. The van der Waals surface area contributed by atoms with Crippen LogP contribution in [0.5, 0.6) is 0 Å². The van der Waals surface area contributed by atoms with Crippen molar-refractivity contribution in [1.29, 1.82) is 0 Å². The lowest BCUT2D eigenvalue weighted by atomic mass is 10.0. The van der Waals surface area contributed by atoms with Gasteiger partial charge in [-0.05, 0) is 19.3 Å². The van der Waals surface area contributed by atoms with Crippen molar-refractivity contribution in [2.75, 3.05) is 0 Å². The van der Waals surface area contributed by atoms with Crippen LogP contribution in [0.15, 0.2) is 0 Å². The van der Waals surface area contributed by atoms with Gasteiger partial charge in [0.1, 0.15) is 5.78 Å². The molecule has 0 rings (SSSR count). The van der Waals surface area contributed by atoms with Crippen LogP contribution in [0.4, 0.5) is 0 Å². The number of carboxylic acids is 1. The number of rotatable bonds is 4. The predicted octanol–water partition coefficient (Wildman–Crippen LogP) is -0.258. The molecule has 0 amide bonds. The second-order valence-electron chi connectivity index (χ2n) is 2.59. The Balaban J connectivity index is 3.53. The van der Waals surface area contributed by atoms with E-state index in [0.29, 0.717) is 6.42 Å². The summed E-state index contributed by atoms with van der Waals surface area (Å²) in [6.07, 6.45) is 0.299. The van der Waals surface area contributed by atoms with Gasteiger partial charge in [0.05, 0.1) is 0 Å². The third-order valence-electron chi connectivity index (χ3n) is 1.15. The first-order valence-electron chi connectivity index (χ1n) is 3.21. The second-order valence-corrected chi connectivity index (χ2v) is 2.59. The molecule has 0 saturated carbocycles. The number of hydrogen-bond donors (Lipinski definition) is 0. The lowest BCUT2D eigenvalue weighted by molar-refractivity contribution is -0.306. The Labute approximate surface area is 60.0 Å². The van der Waals surface area contributed by atoms with E-state index in [1.807, 2.05) is 0 Å². The van der Waals surface area contributed by atoms with E-state index in [0.717, 1.165) is 0 Å². The SMILES string of the molecule is CC(=O)CC(C)CC(=O)[O-]. The predicted molar refractivity (Wildman–Crippen MR) is 34.1 cm³/mol. The van der Waals surface area contributed by atoms with Gasteiger partial charge < -0.3 is 14.7 Å². The van der Waals surface area contributed by atoms with Crippen LogP contribution in [0.3, 0.4) is 0 Å². The standard InChI is InChI=1S/C7H12O3/c1-5(3-6(2)8)4-7(9)10/h5H,3-4H2,1-2H3,(H,9,10)/p-1. The van der Waals surface area contributed by atoms with Gasteiger partial charge in [0, 0.05) is 12.4 Å². The molecule has 3 nitrogen and oxygen atoms in total. The molecule has 0 aliphatic rings. The highest BCUT2D eigenvalue weighted by molar-refractivity contribution is 5.76. The first-order valence-corrected chi connectivity index (χ1v) is 3.21. The van der Waals surface area contributed by atoms with E-state index < -0.39 is 5.97 Å². The van der Waals surface area contributed by atoms with Crippen LogP contribution in [0.25, 0.3) is 0 Å². The first kappa shape index (κ1) is 9.14. The van der Waals surface area contributed by atoms with Gasteiger partial charge in [0.15, 0.2) is 0 Å². The van der Waals surface area contributed by atoms with E-state index in [4.69, 9.17) is 0 Å². The summed E-state index contributed by atoms with van der Waals surface area (Å²) in [5.41, 5.74) is 0. The van der Waals surface area contributed by atoms with Gasteiger partial charge in [-0.15, -0.1) is 0 Å². The molecule has 0 aromatic heterocycles. The number of carboxylic acid groups (broad SMARTS) is 1. The summed E-state index contributed by atoms with van der Waals surface area (Å²) in [5, 5.41) is 9.97. The van der Waals surface area contributed by atoms with Gasteiger partial charge in [0.25, 0.3) is 0 Å². The molecule has 0 aromatic carbocycles. The van der Waals surface area contributed by atoms with Crippen molar-refractivity contribution in [2.45, 2.75) is 26.7 Å². The smallest absolute Gasteiger partial charge is 0.130 e. The Kier molecular flexibility index (Phi) is 3.69. The summed E-state index contributed by atoms with van der Waals surface area (Å²) < 4.78 is 0. The number of carbonyl (C=O) groups excluding carboxylic acids is 2. The highest BCUT2D eigenvalue weighted by Crippen LogP contribution is 2.05. The van der Waals surface area contributed by atoms with Crippen LogP contribution in [0.1, 0.15) is 26.7 Å². The summed E-state index contributed by atoms with van der Waals surface area (Å²) in [4.78, 5) is 20.4. The largest absolute Gasteiger partial charge is 0.550 e. The number of hydrogen-bond acceptors (Lipinski definition) is 3. The quantitative estimate of drug-likeness (QED) is 0.545. The van der Waals surface area contributed by atoms with Gasteiger partial charge in [-0.1, -0.05) is 6.92 Å². The molecule has 0 saturated heterocycles. The van der Waals surface area contributed by atoms with E-state index >= 15 is 0 Å². The average molecular weight is 143 g/mol. The molecule has 0 fully saturated rings. The van der Waals surface area contributed by atoms with E-state index in [1.54, 1.807) is 6.92 Å². The molecule has 0 radical (unpaired) electrons. The van der Waals surface area contributed by atoms with Gasteiger partial charge in [-0.3, -0.25) is 0 Å². The fraction of sp³-hybridized carbons (Fsp3) is 0.714. The molecule has 1 atom stereocenters. The highest BCUT2D eigenvalue weighted by Gasteiger charge is 2.04. The van der Waals surface area contributed by atoms with Gasteiger partial charge in [-0.2, -0.15) is 0 Å². The Bertz CT molecular complexity index is 124. The maximum absolute atomic E-state index is 10.4.